The summed E-state index contributed by atoms with van der Waals surface area (Å²) in [6.07, 6.45) is 6.85. The summed E-state index contributed by atoms with van der Waals surface area (Å²) in [6.45, 7) is 4.96. The van der Waals surface area contributed by atoms with Gasteiger partial charge in [0.05, 0.1) is 23.4 Å². The maximum absolute atomic E-state index is 13.2. The van der Waals surface area contributed by atoms with E-state index in [9.17, 15) is 4.79 Å². The Labute approximate surface area is 159 Å². The van der Waals surface area contributed by atoms with Gasteiger partial charge in [-0.1, -0.05) is 11.6 Å². The van der Waals surface area contributed by atoms with Crippen LogP contribution in [0.4, 0.5) is 11.8 Å². The molecule has 1 aliphatic rings. The summed E-state index contributed by atoms with van der Waals surface area (Å²) in [5.41, 5.74) is 8.34. The second-order valence-corrected chi connectivity index (χ2v) is 6.47. The van der Waals surface area contributed by atoms with Crippen molar-refractivity contribution in [2.24, 2.45) is 0 Å². The quantitative estimate of drug-likeness (QED) is 0.525. The van der Waals surface area contributed by atoms with Crippen molar-refractivity contribution in [2.75, 3.05) is 10.6 Å². The van der Waals surface area contributed by atoms with Crippen LogP contribution in [0.1, 0.15) is 29.6 Å². The molecule has 0 unspecified atom stereocenters. The van der Waals surface area contributed by atoms with Gasteiger partial charge in [0.2, 0.25) is 5.95 Å². The van der Waals surface area contributed by atoms with Gasteiger partial charge in [-0.25, -0.2) is 9.97 Å². The van der Waals surface area contributed by atoms with Crippen LogP contribution in [-0.4, -0.2) is 35.6 Å². The van der Waals surface area contributed by atoms with Crippen LogP contribution in [0.15, 0.2) is 18.6 Å². The van der Waals surface area contributed by atoms with Gasteiger partial charge in [0.15, 0.2) is 5.82 Å². The summed E-state index contributed by atoms with van der Waals surface area (Å²) >= 11 is 6.30. The van der Waals surface area contributed by atoms with Crippen LogP contribution in [-0.2, 0) is 17.9 Å². The molecule has 138 valence electrons. The molecular weight excluding hydrogens is 368 g/mol. The van der Waals surface area contributed by atoms with Gasteiger partial charge in [-0.3, -0.25) is 14.4 Å². The van der Waals surface area contributed by atoms with Crippen LogP contribution < -0.4 is 10.6 Å². The zero-order chi connectivity index (χ0) is 19.1. The number of H-pyrrole nitrogens is 1. The van der Waals surface area contributed by atoms with Crippen molar-refractivity contribution in [3.63, 3.8) is 0 Å². The molecule has 4 heterocycles. The highest BCUT2D eigenvalue weighted by molar-refractivity contribution is 6.41. The molecule has 4 rings (SSSR count). The fourth-order valence-corrected chi connectivity index (χ4v) is 3.29. The number of hydrogen-bond acceptors (Lipinski definition) is 6. The number of aromatic nitrogens is 6. The third kappa shape index (κ3) is 2.95. The number of halogens is 1. The monoisotopic (exact) mass is 384 g/mol. The number of nitrogen functional groups attached to an aromatic ring is 1. The number of imidazole rings is 1. The lowest BCUT2D eigenvalue weighted by atomic mass is 10.1. The number of fused-ring (bicyclic) bond motifs is 1. The van der Waals surface area contributed by atoms with E-state index in [2.05, 4.69) is 25.0 Å². The fourth-order valence-electron chi connectivity index (χ4n) is 3.02. The molecule has 0 fully saturated rings. The lowest BCUT2D eigenvalue weighted by molar-refractivity contribution is -0.113. The van der Waals surface area contributed by atoms with Crippen molar-refractivity contribution < 1.29 is 4.79 Å². The molecule has 0 saturated carbocycles. The molecule has 10 heteroatoms. The Morgan fingerprint density at radius 1 is 1.37 bits per heavy atom. The van der Waals surface area contributed by atoms with Crippen LogP contribution >= 0.6 is 11.6 Å². The van der Waals surface area contributed by atoms with Crippen molar-refractivity contribution in [2.45, 2.75) is 26.9 Å². The molecule has 0 radical (unpaired) electrons. The van der Waals surface area contributed by atoms with Gasteiger partial charge in [-0.05, 0) is 25.5 Å². The smallest absolute Gasteiger partial charge is 0.260 e. The number of nitrogens with zero attached hydrogens (tertiary/aromatic N) is 6. The van der Waals surface area contributed by atoms with Crippen molar-refractivity contribution in [1.82, 2.24) is 29.7 Å². The Morgan fingerprint density at radius 2 is 2.19 bits per heavy atom. The topological polar surface area (TPSA) is 119 Å². The molecule has 3 aromatic heterocycles. The van der Waals surface area contributed by atoms with Gasteiger partial charge in [0.25, 0.3) is 5.91 Å². The second kappa shape index (κ2) is 6.51. The molecule has 3 aromatic rings. The number of aryl methyl sites for hydroxylation is 2. The van der Waals surface area contributed by atoms with Gasteiger partial charge in [0.1, 0.15) is 11.0 Å². The van der Waals surface area contributed by atoms with Crippen LogP contribution in [0.5, 0.6) is 0 Å². The van der Waals surface area contributed by atoms with Crippen LogP contribution in [0.2, 0.25) is 5.15 Å². The highest BCUT2D eigenvalue weighted by Gasteiger charge is 2.37. The lowest BCUT2D eigenvalue weighted by Gasteiger charge is -2.15. The Bertz CT molecular complexity index is 1050. The molecule has 0 spiro atoms. The van der Waals surface area contributed by atoms with Gasteiger partial charge < -0.3 is 10.7 Å². The zero-order valence-electron chi connectivity index (χ0n) is 14.8. The molecule has 1 amide bonds. The van der Waals surface area contributed by atoms with Gasteiger partial charge in [-0.15, -0.1) is 0 Å². The number of rotatable bonds is 4. The van der Waals surface area contributed by atoms with E-state index < -0.39 is 0 Å². The molecule has 27 heavy (non-hydrogen) atoms. The van der Waals surface area contributed by atoms with Gasteiger partial charge in [-0.2, -0.15) is 10.1 Å². The Morgan fingerprint density at radius 3 is 2.85 bits per heavy atom. The summed E-state index contributed by atoms with van der Waals surface area (Å²) in [4.78, 5) is 30.0. The van der Waals surface area contributed by atoms with Crippen molar-refractivity contribution in [3.8, 4) is 0 Å². The zero-order valence-corrected chi connectivity index (χ0v) is 15.5. The Kier molecular flexibility index (Phi) is 4.15. The van der Waals surface area contributed by atoms with E-state index in [1.807, 2.05) is 24.7 Å². The van der Waals surface area contributed by atoms with Gasteiger partial charge in [0, 0.05) is 25.1 Å². The summed E-state index contributed by atoms with van der Waals surface area (Å²) in [6, 6.07) is 0. The summed E-state index contributed by atoms with van der Waals surface area (Å²) < 4.78 is 1.83. The van der Waals surface area contributed by atoms with E-state index in [-0.39, 0.29) is 23.6 Å². The lowest BCUT2D eigenvalue weighted by Crippen LogP contribution is -2.27. The highest BCUT2D eigenvalue weighted by atomic mass is 35.5. The number of nitrogens with two attached hydrogens (primary N) is 1. The largest absolute Gasteiger partial charge is 0.368 e. The number of carbonyl (C=O) groups is 1. The summed E-state index contributed by atoms with van der Waals surface area (Å²) in [5.74, 6) is 0.659. The van der Waals surface area contributed by atoms with E-state index in [0.717, 1.165) is 17.8 Å². The van der Waals surface area contributed by atoms with Crippen LogP contribution in [0, 0.1) is 6.92 Å². The first-order valence-electron chi connectivity index (χ1n) is 8.37. The number of nitrogens with one attached hydrogen (secondary N) is 1. The molecule has 3 N–H and O–H groups in total. The number of carbonyl (C=O) groups excluding carboxylic acids is 1. The first kappa shape index (κ1) is 17.2. The molecule has 0 aliphatic carbocycles. The molecule has 1 aliphatic heterocycles. The molecule has 0 atom stereocenters. The number of amides is 1. The van der Waals surface area contributed by atoms with Crippen LogP contribution in [0.3, 0.4) is 0 Å². The standard InChI is InChI=1S/C17H17ClN8O/c1-3-25-7-9(2)11(24-25)8-26-15-13(14(18)22-17(19)23-15)10(16(26)27)6-12-20-4-5-21-12/h4-7H,3,8H2,1-2H3,(H,20,21)(H2,19,22,23)/b10-6-. The predicted octanol–water partition coefficient (Wildman–Crippen LogP) is 2.05. The summed E-state index contributed by atoms with van der Waals surface area (Å²) in [7, 11) is 0. The first-order valence-corrected chi connectivity index (χ1v) is 8.75. The van der Waals surface area contributed by atoms with Gasteiger partial charge >= 0.3 is 0 Å². The molecule has 0 bridgehead atoms. The predicted molar refractivity (Wildman–Crippen MR) is 102 cm³/mol. The maximum atomic E-state index is 13.2. The molecule has 0 saturated heterocycles. The fraction of sp³-hybridized carbons (Fsp3) is 0.235. The van der Waals surface area contributed by atoms with E-state index in [4.69, 9.17) is 17.3 Å². The minimum absolute atomic E-state index is 0.00612. The summed E-state index contributed by atoms with van der Waals surface area (Å²) in [5, 5.41) is 4.65. The maximum Gasteiger partial charge on any atom is 0.260 e. The molecule has 9 nitrogen and oxygen atoms in total. The molecular formula is C17H17ClN8O. The Balaban J connectivity index is 1.82. The van der Waals surface area contributed by atoms with Crippen LogP contribution in [0.25, 0.3) is 11.6 Å². The third-order valence-electron chi connectivity index (χ3n) is 4.34. The van der Waals surface area contributed by atoms with E-state index in [1.54, 1.807) is 18.5 Å². The highest BCUT2D eigenvalue weighted by Crippen LogP contribution is 2.41. The average molecular weight is 385 g/mol. The minimum atomic E-state index is -0.256. The minimum Gasteiger partial charge on any atom is -0.368 e. The molecule has 0 aromatic carbocycles. The number of anilines is 2. The third-order valence-corrected chi connectivity index (χ3v) is 4.62. The van der Waals surface area contributed by atoms with E-state index >= 15 is 0 Å². The SMILES string of the molecule is CCn1cc(C)c(CN2C(=O)/C(=C\c3ncc[nH]3)c3c(Cl)nc(N)nc32)n1. The van der Waals surface area contributed by atoms with E-state index in [1.165, 1.54) is 4.90 Å². The first-order chi connectivity index (χ1) is 13.0. The normalized spacial score (nSPS) is 15.0. The van der Waals surface area contributed by atoms with Crippen molar-refractivity contribution >= 4 is 40.9 Å². The average Bonchev–Trinajstić information content (AvgIpc) is 3.31. The van der Waals surface area contributed by atoms with E-state index in [0.29, 0.717) is 22.8 Å². The number of hydrogen-bond donors (Lipinski definition) is 2. The second-order valence-electron chi connectivity index (χ2n) is 6.11. The number of aromatic amines is 1. The van der Waals surface area contributed by atoms with Crippen molar-refractivity contribution in [1.29, 1.82) is 0 Å². The van der Waals surface area contributed by atoms with Crippen molar-refractivity contribution in [3.05, 3.63) is 46.4 Å². The Hall–Kier alpha value is -3.20.